The van der Waals surface area contributed by atoms with Crippen molar-refractivity contribution in [3.63, 3.8) is 0 Å². The quantitative estimate of drug-likeness (QED) is 0.175. The van der Waals surface area contributed by atoms with Crippen molar-refractivity contribution < 1.29 is 4.74 Å². The van der Waals surface area contributed by atoms with Gasteiger partial charge in [0, 0.05) is 20.9 Å². The van der Waals surface area contributed by atoms with Crippen molar-refractivity contribution in [2.75, 3.05) is 13.3 Å². The molecular weight excluding hydrogens is 242 g/mol. The Morgan fingerprint density at radius 1 is 1.28 bits per heavy atom. The molecule has 0 aromatic carbocycles. The second kappa shape index (κ2) is 9.30. The number of hydrogen-bond acceptors (Lipinski definition) is 4. The molecule has 0 amide bonds. The second-order valence-electron chi connectivity index (χ2n) is 5.51. The first-order valence-electron chi connectivity index (χ1n) is 6.73. The van der Waals surface area contributed by atoms with Crippen molar-refractivity contribution in [3.8, 4) is 0 Å². The number of nitrogens with two attached hydrogens (primary N) is 1. The monoisotopic (exact) mass is 271 g/mol. The molecule has 2 N–H and O–H groups in total. The van der Waals surface area contributed by atoms with Crippen LogP contribution in [0, 0.1) is 0 Å². The standard InChI is InChI=1S/C13H29N3OSi/c1-6-8-13(15-9-7-2)16(14)12-17-10-11-18(3,4)5/h8-9H,6-7,10-12,14H2,1-5H3/b13-8-,15-9?. The molecule has 0 saturated heterocycles. The van der Waals surface area contributed by atoms with Crippen LogP contribution in [0.2, 0.25) is 25.7 Å². The normalized spacial score (nSPS) is 13.3. The van der Waals surface area contributed by atoms with Crippen molar-refractivity contribution >= 4 is 14.3 Å². The largest absolute Gasteiger partial charge is 0.360 e. The number of rotatable bonds is 9. The van der Waals surface area contributed by atoms with Crippen LogP contribution in [0.4, 0.5) is 0 Å². The number of ether oxygens (including phenoxy) is 1. The van der Waals surface area contributed by atoms with E-state index in [-0.39, 0.29) is 0 Å². The summed E-state index contributed by atoms with van der Waals surface area (Å²) in [7, 11) is -1.02. The van der Waals surface area contributed by atoms with E-state index in [1.54, 1.807) is 5.01 Å². The Labute approximate surface area is 113 Å². The Kier molecular flexibility index (Phi) is 8.96. The molecule has 0 unspecified atom stereocenters. The zero-order valence-corrected chi connectivity index (χ0v) is 13.6. The van der Waals surface area contributed by atoms with Crippen molar-refractivity contribution in [3.05, 3.63) is 11.9 Å². The molecule has 0 bridgehead atoms. The first-order chi connectivity index (χ1) is 8.40. The summed E-state index contributed by atoms with van der Waals surface area (Å²) in [5.74, 6) is 6.72. The lowest BCUT2D eigenvalue weighted by atomic mass is 10.4. The summed E-state index contributed by atoms with van der Waals surface area (Å²) in [6, 6.07) is 1.16. The Morgan fingerprint density at radius 3 is 2.44 bits per heavy atom. The van der Waals surface area contributed by atoms with E-state index in [0.29, 0.717) is 6.73 Å². The van der Waals surface area contributed by atoms with E-state index >= 15 is 0 Å². The topological polar surface area (TPSA) is 50.8 Å². The molecule has 0 aromatic rings. The first kappa shape index (κ1) is 17.3. The lowest BCUT2D eigenvalue weighted by Crippen LogP contribution is -2.33. The van der Waals surface area contributed by atoms with Crippen LogP contribution < -0.4 is 5.84 Å². The third-order valence-corrected chi connectivity index (χ3v) is 4.02. The molecule has 0 rings (SSSR count). The highest BCUT2D eigenvalue weighted by atomic mass is 28.3. The summed E-state index contributed by atoms with van der Waals surface area (Å²) in [4.78, 5) is 4.33. The maximum Gasteiger partial charge on any atom is 0.140 e. The SMILES string of the molecule is CCC=N/C(=C/CC)N(N)COCC[Si](C)(C)C. The summed E-state index contributed by atoms with van der Waals surface area (Å²) in [5.41, 5.74) is 0. The average Bonchev–Trinajstić information content (AvgIpc) is 2.28. The minimum Gasteiger partial charge on any atom is -0.360 e. The molecule has 4 nitrogen and oxygen atoms in total. The van der Waals surface area contributed by atoms with Gasteiger partial charge in [-0.25, -0.2) is 10.8 Å². The van der Waals surface area contributed by atoms with Crippen LogP contribution >= 0.6 is 0 Å². The number of allylic oxidation sites excluding steroid dienone is 1. The smallest absolute Gasteiger partial charge is 0.140 e. The summed E-state index contributed by atoms with van der Waals surface area (Å²) >= 11 is 0. The van der Waals surface area contributed by atoms with Gasteiger partial charge in [-0.1, -0.05) is 33.5 Å². The molecule has 5 heteroatoms. The van der Waals surface area contributed by atoms with Crippen molar-refractivity contribution in [1.29, 1.82) is 0 Å². The molecule has 0 atom stereocenters. The highest BCUT2D eigenvalue weighted by Gasteiger charge is 2.12. The molecule has 106 valence electrons. The molecule has 18 heavy (non-hydrogen) atoms. The Bertz CT molecular complexity index is 272. The van der Waals surface area contributed by atoms with E-state index < -0.39 is 8.07 Å². The van der Waals surface area contributed by atoms with Gasteiger partial charge in [0.05, 0.1) is 0 Å². The molecular formula is C13H29N3OSi. The third-order valence-electron chi connectivity index (χ3n) is 2.31. The number of nitrogens with zero attached hydrogens (tertiary/aromatic N) is 2. The van der Waals surface area contributed by atoms with Gasteiger partial charge in [-0.15, -0.1) is 0 Å². The van der Waals surface area contributed by atoms with Gasteiger partial charge in [-0.2, -0.15) is 0 Å². The number of aliphatic imine (C=N–C) groups is 1. The highest BCUT2D eigenvalue weighted by Crippen LogP contribution is 2.08. The second-order valence-corrected chi connectivity index (χ2v) is 11.1. The predicted octanol–water partition coefficient (Wildman–Crippen LogP) is 3.21. The molecule has 0 fully saturated rings. The maximum absolute atomic E-state index is 5.93. The van der Waals surface area contributed by atoms with Crippen LogP contribution in [-0.4, -0.2) is 32.6 Å². The van der Waals surface area contributed by atoms with Crippen molar-refractivity contribution in [2.24, 2.45) is 10.8 Å². The predicted molar refractivity (Wildman–Crippen MR) is 82.2 cm³/mol. The molecule has 0 heterocycles. The van der Waals surface area contributed by atoms with Crippen LogP contribution in [0.25, 0.3) is 0 Å². The number of hydrogen-bond donors (Lipinski definition) is 1. The van der Waals surface area contributed by atoms with E-state index in [2.05, 4.69) is 38.5 Å². The van der Waals surface area contributed by atoms with E-state index in [9.17, 15) is 0 Å². The fourth-order valence-electron chi connectivity index (χ4n) is 1.22. The number of hydrazine groups is 1. The Morgan fingerprint density at radius 2 is 1.94 bits per heavy atom. The summed E-state index contributed by atoms with van der Waals surface area (Å²) < 4.78 is 5.60. The molecule has 0 aliphatic carbocycles. The zero-order chi connectivity index (χ0) is 14.0. The van der Waals surface area contributed by atoms with Gasteiger partial charge >= 0.3 is 0 Å². The van der Waals surface area contributed by atoms with Crippen molar-refractivity contribution in [1.82, 2.24) is 5.01 Å². The Balaban J connectivity index is 4.08. The lowest BCUT2D eigenvalue weighted by molar-refractivity contribution is 0.0539. The molecule has 0 radical (unpaired) electrons. The van der Waals surface area contributed by atoms with Crippen LogP contribution in [0.1, 0.15) is 26.7 Å². The molecule has 0 aliphatic heterocycles. The van der Waals surface area contributed by atoms with Gasteiger partial charge < -0.3 is 4.74 Å². The van der Waals surface area contributed by atoms with Gasteiger partial charge in [-0.3, -0.25) is 5.01 Å². The highest BCUT2D eigenvalue weighted by molar-refractivity contribution is 6.76. The minimum atomic E-state index is -1.02. The Hall–Kier alpha value is -0.653. The van der Waals surface area contributed by atoms with E-state index in [1.807, 2.05) is 12.3 Å². The lowest BCUT2D eigenvalue weighted by Gasteiger charge is -2.20. The van der Waals surface area contributed by atoms with Gasteiger partial charge in [0.15, 0.2) is 0 Å². The fourth-order valence-corrected chi connectivity index (χ4v) is 1.98. The van der Waals surface area contributed by atoms with Crippen LogP contribution in [0.5, 0.6) is 0 Å². The van der Waals surface area contributed by atoms with Gasteiger partial charge in [0.25, 0.3) is 0 Å². The van der Waals surface area contributed by atoms with E-state index in [1.165, 1.54) is 0 Å². The van der Waals surface area contributed by atoms with Crippen molar-refractivity contribution in [2.45, 2.75) is 52.4 Å². The molecule has 0 saturated carbocycles. The maximum atomic E-state index is 5.93. The van der Waals surface area contributed by atoms with E-state index in [0.717, 1.165) is 31.3 Å². The fraction of sp³-hybridized carbons (Fsp3) is 0.769. The van der Waals surface area contributed by atoms with Crippen LogP contribution in [0.3, 0.4) is 0 Å². The summed E-state index contributed by atoms with van der Waals surface area (Å²) in [5, 5.41) is 1.57. The summed E-state index contributed by atoms with van der Waals surface area (Å²) in [6.45, 7) is 12.3. The van der Waals surface area contributed by atoms with E-state index in [4.69, 9.17) is 10.6 Å². The van der Waals surface area contributed by atoms with Crippen LogP contribution in [-0.2, 0) is 4.74 Å². The van der Waals surface area contributed by atoms with Gasteiger partial charge in [-0.05, 0) is 25.0 Å². The molecule has 0 spiro atoms. The average molecular weight is 271 g/mol. The molecule has 0 aromatic heterocycles. The zero-order valence-electron chi connectivity index (χ0n) is 12.6. The van der Waals surface area contributed by atoms with Gasteiger partial charge in [0.2, 0.25) is 0 Å². The minimum absolute atomic E-state index is 0.400. The first-order valence-corrected chi connectivity index (χ1v) is 10.4. The summed E-state index contributed by atoms with van der Waals surface area (Å²) in [6.07, 6.45) is 5.70. The molecule has 0 aliphatic rings. The third kappa shape index (κ3) is 9.38. The van der Waals surface area contributed by atoms with Gasteiger partial charge in [0.1, 0.15) is 12.6 Å². The van der Waals surface area contributed by atoms with Crippen LogP contribution in [0.15, 0.2) is 16.9 Å².